The Hall–Kier alpha value is -0.860. The zero-order valence-corrected chi connectivity index (χ0v) is 13.3. The minimum absolute atomic E-state index is 0.213. The molecule has 1 aliphatic rings. The van der Waals surface area contributed by atoms with Crippen molar-refractivity contribution in [1.29, 1.82) is 0 Å². The molecule has 1 aliphatic carbocycles. The fraction of sp³-hybridized carbons (Fsp3) is 0.667. The average molecular weight is 274 g/mol. The van der Waals surface area contributed by atoms with Crippen LogP contribution in [0.15, 0.2) is 24.3 Å². The minimum Gasteiger partial charge on any atom is -0.326 e. The minimum atomic E-state index is 0.213. The molecule has 0 aromatic heterocycles. The summed E-state index contributed by atoms with van der Waals surface area (Å²) in [5.74, 6) is 0. The van der Waals surface area contributed by atoms with Gasteiger partial charge in [0.15, 0.2) is 0 Å². The van der Waals surface area contributed by atoms with Crippen LogP contribution in [-0.2, 0) is 0 Å². The van der Waals surface area contributed by atoms with Crippen molar-refractivity contribution in [3.8, 4) is 0 Å². The summed E-state index contributed by atoms with van der Waals surface area (Å²) in [4.78, 5) is 2.55. The third-order valence-corrected chi connectivity index (χ3v) is 4.89. The third-order valence-electron chi connectivity index (χ3n) is 4.89. The molecular formula is C18H30N2. The second kappa shape index (κ2) is 7.24. The molecule has 0 aliphatic heterocycles. The van der Waals surface area contributed by atoms with Crippen LogP contribution >= 0.6 is 0 Å². The summed E-state index contributed by atoms with van der Waals surface area (Å²) in [6.07, 6.45) is 7.83. The molecule has 1 aromatic carbocycles. The van der Waals surface area contributed by atoms with E-state index in [1.807, 2.05) is 0 Å². The topological polar surface area (TPSA) is 29.3 Å². The van der Waals surface area contributed by atoms with Crippen LogP contribution in [0.3, 0.4) is 0 Å². The van der Waals surface area contributed by atoms with Gasteiger partial charge in [0.05, 0.1) is 0 Å². The number of nitrogens with zero attached hydrogens (tertiary/aromatic N) is 1. The molecule has 2 nitrogen and oxygen atoms in total. The van der Waals surface area contributed by atoms with Gasteiger partial charge in [0.25, 0.3) is 0 Å². The van der Waals surface area contributed by atoms with Crippen molar-refractivity contribution in [1.82, 2.24) is 4.90 Å². The number of likely N-dealkylation sites (N-methyl/N-ethyl adjacent to an activating group) is 1. The smallest absolute Gasteiger partial charge is 0.0498 e. The summed E-state index contributed by atoms with van der Waals surface area (Å²) < 4.78 is 0. The predicted molar refractivity (Wildman–Crippen MR) is 86.8 cm³/mol. The molecular weight excluding hydrogens is 244 g/mol. The van der Waals surface area contributed by atoms with Crippen LogP contribution in [0.5, 0.6) is 0 Å². The number of nitrogens with two attached hydrogens (primary N) is 1. The molecule has 1 aromatic rings. The van der Waals surface area contributed by atoms with E-state index in [9.17, 15) is 0 Å². The molecule has 0 saturated heterocycles. The van der Waals surface area contributed by atoms with Gasteiger partial charge in [-0.1, -0.05) is 56.0 Å². The zero-order chi connectivity index (χ0) is 14.5. The fourth-order valence-electron chi connectivity index (χ4n) is 3.49. The second-order valence-corrected chi connectivity index (χ2v) is 6.38. The Bertz CT molecular complexity index is 392. The van der Waals surface area contributed by atoms with Crippen LogP contribution in [0.2, 0.25) is 0 Å². The highest BCUT2D eigenvalue weighted by atomic mass is 15.2. The molecule has 0 radical (unpaired) electrons. The summed E-state index contributed by atoms with van der Waals surface area (Å²) in [7, 11) is 2.27. The van der Waals surface area contributed by atoms with E-state index in [0.29, 0.717) is 12.1 Å². The molecule has 112 valence electrons. The van der Waals surface area contributed by atoms with E-state index in [4.69, 9.17) is 5.73 Å². The van der Waals surface area contributed by atoms with Gasteiger partial charge in [0.1, 0.15) is 0 Å². The maximum atomic E-state index is 6.45. The van der Waals surface area contributed by atoms with Crippen LogP contribution in [0.1, 0.15) is 62.6 Å². The molecule has 0 amide bonds. The molecule has 2 rings (SSSR count). The molecule has 2 unspecified atom stereocenters. The SMILES string of the molecule is CCC(N)C(c1ccc(C)cc1)N(C)C1CCCCC1. The van der Waals surface area contributed by atoms with Crippen molar-refractivity contribution in [2.45, 2.75) is 70.5 Å². The lowest BCUT2D eigenvalue weighted by Gasteiger charge is -2.40. The van der Waals surface area contributed by atoms with E-state index in [-0.39, 0.29) is 6.04 Å². The number of benzene rings is 1. The Labute approximate surface area is 124 Å². The summed E-state index contributed by atoms with van der Waals surface area (Å²) in [6.45, 7) is 4.34. The first-order valence-electron chi connectivity index (χ1n) is 8.17. The lowest BCUT2D eigenvalue weighted by Crippen LogP contribution is -2.44. The molecule has 2 N–H and O–H groups in total. The zero-order valence-electron chi connectivity index (χ0n) is 13.3. The van der Waals surface area contributed by atoms with Gasteiger partial charge in [-0.3, -0.25) is 4.90 Å². The summed E-state index contributed by atoms with van der Waals surface area (Å²) >= 11 is 0. The monoisotopic (exact) mass is 274 g/mol. The van der Waals surface area contributed by atoms with Crippen LogP contribution < -0.4 is 5.73 Å². The molecule has 2 heteroatoms. The Morgan fingerprint density at radius 2 is 1.75 bits per heavy atom. The molecule has 20 heavy (non-hydrogen) atoms. The van der Waals surface area contributed by atoms with Crippen LogP contribution in [0.25, 0.3) is 0 Å². The fourth-order valence-corrected chi connectivity index (χ4v) is 3.49. The van der Waals surface area contributed by atoms with E-state index >= 15 is 0 Å². The molecule has 0 heterocycles. The van der Waals surface area contributed by atoms with Crippen molar-refractivity contribution in [2.24, 2.45) is 5.73 Å². The average Bonchev–Trinajstić information content (AvgIpc) is 2.50. The van der Waals surface area contributed by atoms with E-state index < -0.39 is 0 Å². The standard InChI is InChI=1S/C18H30N2/c1-4-17(19)18(15-12-10-14(2)11-13-15)20(3)16-8-6-5-7-9-16/h10-13,16-18H,4-9,19H2,1-3H3. The van der Waals surface area contributed by atoms with Crippen molar-refractivity contribution >= 4 is 0 Å². The van der Waals surface area contributed by atoms with Gasteiger partial charge in [-0.05, 0) is 38.8 Å². The van der Waals surface area contributed by atoms with Crippen molar-refractivity contribution < 1.29 is 0 Å². The lowest BCUT2D eigenvalue weighted by molar-refractivity contribution is 0.118. The van der Waals surface area contributed by atoms with Crippen molar-refractivity contribution in [3.63, 3.8) is 0 Å². The Balaban J connectivity index is 2.19. The van der Waals surface area contributed by atoms with E-state index in [0.717, 1.165) is 6.42 Å². The Morgan fingerprint density at radius 1 is 1.15 bits per heavy atom. The second-order valence-electron chi connectivity index (χ2n) is 6.38. The molecule has 0 spiro atoms. The number of hydrogen-bond donors (Lipinski definition) is 1. The summed E-state index contributed by atoms with van der Waals surface area (Å²) in [5.41, 5.74) is 9.14. The van der Waals surface area contributed by atoms with Gasteiger partial charge in [0, 0.05) is 18.1 Å². The molecule has 1 saturated carbocycles. The molecule has 2 atom stereocenters. The van der Waals surface area contributed by atoms with Crippen molar-refractivity contribution in [3.05, 3.63) is 35.4 Å². The Morgan fingerprint density at radius 3 is 2.30 bits per heavy atom. The maximum Gasteiger partial charge on any atom is 0.0498 e. The van der Waals surface area contributed by atoms with Gasteiger partial charge < -0.3 is 5.73 Å². The largest absolute Gasteiger partial charge is 0.326 e. The Kier molecular flexibility index (Phi) is 5.62. The molecule has 0 bridgehead atoms. The quantitative estimate of drug-likeness (QED) is 0.878. The summed E-state index contributed by atoms with van der Waals surface area (Å²) in [6, 6.07) is 10.2. The number of aryl methyl sites for hydroxylation is 1. The van der Waals surface area contributed by atoms with E-state index in [1.165, 1.54) is 43.2 Å². The number of hydrogen-bond acceptors (Lipinski definition) is 2. The number of rotatable bonds is 5. The highest BCUT2D eigenvalue weighted by Gasteiger charge is 2.29. The highest BCUT2D eigenvalue weighted by molar-refractivity contribution is 5.25. The van der Waals surface area contributed by atoms with E-state index in [1.54, 1.807) is 0 Å². The van der Waals surface area contributed by atoms with Gasteiger partial charge in [-0.25, -0.2) is 0 Å². The van der Waals surface area contributed by atoms with Crippen LogP contribution in [0.4, 0.5) is 0 Å². The van der Waals surface area contributed by atoms with Crippen LogP contribution in [-0.4, -0.2) is 24.0 Å². The van der Waals surface area contributed by atoms with Gasteiger partial charge >= 0.3 is 0 Å². The van der Waals surface area contributed by atoms with Gasteiger partial charge in [-0.2, -0.15) is 0 Å². The first-order valence-corrected chi connectivity index (χ1v) is 8.17. The summed E-state index contributed by atoms with van der Waals surface area (Å²) in [5, 5.41) is 0. The maximum absolute atomic E-state index is 6.45. The van der Waals surface area contributed by atoms with E-state index in [2.05, 4.69) is 50.1 Å². The lowest BCUT2D eigenvalue weighted by atomic mass is 9.89. The normalized spacial score (nSPS) is 20.1. The third kappa shape index (κ3) is 3.62. The van der Waals surface area contributed by atoms with Crippen molar-refractivity contribution in [2.75, 3.05) is 7.05 Å². The van der Waals surface area contributed by atoms with Gasteiger partial charge in [0.2, 0.25) is 0 Å². The first kappa shape index (κ1) is 15.5. The first-order chi connectivity index (χ1) is 9.63. The predicted octanol–water partition coefficient (Wildman–Crippen LogP) is 4.04. The van der Waals surface area contributed by atoms with Gasteiger partial charge in [-0.15, -0.1) is 0 Å². The molecule has 1 fully saturated rings. The van der Waals surface area contributed by atoms with Crippen LogP contribution in [0, 0.1) is 6.92 Å². The highest BCUT2D eigenvalue weighted by Crippen LogP contribution is 2.31.